The van der Waals surface area contributed by atoms with Gasteiger partial charge in [0.25, 0.3) is 0 Å². The van der Waals surface area contributed by atoms with Crippen LogP contribution in [0.15, 0.2) is 24.3 Å². The number of ether oxygens (including phenoxy) is 1. The molecule has 1 N–H and O–H groups in total. The highest BCUT2D eigenvalue weighted by Crippen LogP contribution is 2.17. The standard InChI is InChI=1S/C15H24N2O.ClH/c1-13-5-3-7-15(11-13)18-10-9-17-8-4-6-14(17)12-16-2;/h3,5,7,11,14,16H,4,6,8-10,12H2,1-2H3;1H. The molecule has 1 aliphatic rings. The molecule has 0 aromatic heterocycles. The summed E-state index contributed by atoms with van der Waals surface area (Å²) in [6, 6.07) is 8.95. The Labute approximate surface area is 122 Å². The van der Waals surface area contributed by atoms with E-state index in [4.69, 9.17) is 4.74 Å². The molecule has 1 saturated heterocycles. The highest BCUT2D eigenvalue weighted by atomic mass is 35.5. The third-order valence-electron chi connectivity index (χ3n) is 3.58. The number of hydrogen-bond donors (Lipinski definition) is 1. The molecule has 0 saturated carbocycles. The van der Waals surface area contributed by atoms with Gasteiger partial charge < -0.3 is 10.1 Å². The first kappa shape index (κ1) is 16.3. The van der Waals surface area contributed by atoms with Gasteiger partial charge in [0.15, 0.2) is 0 Å². The summed E-state index contributed by atoms with van der Waals surface area (Å²) in [4.78, 5) is 2.53. The second-order valence-electron chi connectivity index (χ2n) is 5.05. The highest BCUT2D eigenvalue weighted by molar-refractivity contribution is 5.85. The number of rotatable bonds is 6. The van der Waals surface area contributed by atoms with Crippen molar-refractivity contribution in [2.24, 2.45) is 0 Å². The number of aryl methyl sites for hydroxylation is 1. The lowest BCUT2D eigenvalue weighted by molar-refractivity contribution is 0.195. The van der Waals surface area contributed by atoms with Crippen molar-refractivity contribution < 1.29 is 4.74 Å². The van der Waals surface area contributed by atoms with E-state index < -0.39 is 0 Å². The van der Waals surface area contributed by atoms with E-state index in [1.807, 2.05) is 19.2 Å². The Morgan fingerprint density at radius 2 is 2.26 bits per heavy atom. The molecule has 1 heterocycles. The van der Waals surface area contributed by atoms with Crippen LogP contribution in [0.3, 0.4) is 0 Å². The molecule has 108 valence electrons. The summed E-state index contributed by atoms with van der Waals surface area (Å²) in [5.74, 6) is 0.986. The summed E-state index contributed by atoms with van der Waals surface area (Å²) in [6.45, 7) is 6.20. The van der Waals surface area contributed by atoms with Crippen molar-refractivity contribution in [2.45, 2.75) is 25.8 Å². The van der Waals surface area contributed by atoms with E-state index in [1.54, 1.807) is 0 Å². The molecule has 1 unspecified atom stereocenters. The fraction of sp³-hybridized carbons (Fsp3) is 0.600. The first-order valence-electron chi connectivity index (χ1n) is 6.87. The molecule has 0 spiro atoms. The minimum absolute atomic E-state index is 0. The molecule has 0 aliphatic carbocycles. The van der Waals surface area contributed by atoms with Crippen molar-refractivity contribution in [2.75, 3.05) is 33.3 Å². The molecule has 0 radical (unpaired) electrons. The molecular formula is C15H25ClN2O. The smallest absolute Gasteiger partial charge is 0.119 e. The van der Waals surface area contributed by atoms with Gasteiger partial charge in [0, 0.05) is 19.1 Å². The monoisotopic (exact) mass is 284 g/mol. The number of halogens is 1. The van der Waals surface area contributed by atoms with Crippen LogP contribution in [0, 0.1) is 6.92 Å². The molecule has 1 aliphatic heterocycles. The van der Waals surface area contributed by atoms with Gasteiger partial charge in [-0.1, -0.05) is 12.1 Å². The molecule has 1 fully saturated rings. The van der Waals surface area contributed by atoms with Crippen LogP contribution in [0.4, 0.5) is 0 Å². The number of likely N-dealkylation sites (tertiary alicyclic amines) is 1. The number of likely N-dealkylation sites (N-methyl/N-ethyl adjacent to an activating group) is 1. The maximum atomic E-state index is 5.81. The SMILES string of the molecule is CNCC1CCCN1CCOc1cccc(C)c1.Cl. The van der Waals surface area contributed by atoms with Crippen molar-refractivity contribution in [3.05, 3.63) is 29.8 Å². The van der Waals surface area contributed by atoms with Gasteiger partial charge in [0.1, 0.15) is 12.4 Å². The molecule has 19 heavy (non-hydrogen) atoms. The van der Waals surface area contributed by atoms with Gasteiger partial charge in [-0.25, -0.2) is 0 Å². The van der Waals surface area contributed by atoms with Gasteiger partial charge in [0.05, 0.1) is 0 Å². The van der Waals surface area contributed by atoms with Crippen molar-refractivity contribution in [3.8, 4) is 5.75 Å². The largest absolute Gasteiger partial charge is 0.492 e. The van der Waals surface area contributed by atoms with Gasteiger partial charge in [0.2, 0.25) is 0 Å². The molecular weight excluding hydrogens is 260 g/mol. The van der Waals surface area contributed by atoms with E-state index >= 15 is 0 Å². The molecule has 2 rings (SSSR count). The zero-order valence-electron chi connectivity index (χ0n) is 11.9. The van der Waals surface area contributed by atoms with Crippen LogP contribution < -0.4 is 10.1 Å². The van der Waals surface area contributed by atoms with E-state index in [-0.39, 0.29) is 12.4 Å². The molecule has 4 heteroatoms. The second kappa shape index (κ2) is 8.41. The Kier molecular flexibility index (Phi) is 7.21. The highest BCUT2D eigenvalue weighted by Gasteiger charge is 2.23. The lowest BCUT2D eigenvalue weighted by atomic mass is 10.2. The average molecular weight is 285 g/mol. The van der Waals surface area contributed by atoms with Crippen molar-refractivity contribution >= 4 is 12.4 Å². The number of nitrogens with zero attached hydrogens (tertiary/aromatic N) is 1. The Morgan fingerprint density at radius 1 is 1.42 bits per heavy atom. The topological polar surface area (TPSA) is 24.5 Å². The van der Waals surface area contributed by atoms with Crippen LogP contribution in [-0.2, 0) is 0 Å². The summed E-state index contributed by atoms with van der Waals surface area (Å²) in [7, 11) is 2.03. The lowest BCUT2D eigenvalue weighted by Gasteiger charge is -2.24. The average Bonchev–Trinajstić information content (AvgIpc) is 2.78. The Hall–Kier alpha value is -0.770. The third kappa shape index (κ3) is 5.01. The Morgan fingerprint density at radius 3 is 3.00 bits per heavy atom. The number of nitrogens with one attached hydrogen (secondary N) is 1. The van der Waals surface area contributed by atoms with Gasteiger partial charge in [-0.3, -0.25) is 4.90 Å². The van der Waals surface area contributed by atoms with Crippen molar-refractivity contribution in [3.63, 3.8) is 0 Å². The van der Waals surface area contributed by atoms with Crippen molar-refractivity contribution in [1.82, 2.24) is 10.2 Å². The molecule has 0 bridgehead atoms. The van der Waals surface area contributed by atoms with E-state index in [9.17, 15) is 0 Å². The zero-order chi connectivity index (χ0) is 12.8. The molecule has 3 nitrogen and oxygen atoms in total. The first-order valence-corrected chi connectivity index (χ1v) is 6.87. The third-order valence-corrected chi connectivity index (χ3v) is 3.58. The van der Waals surface area contributed by atoms with E-state index in [0.29, 0.717) is 6.04 Å². The van der Waals surface area contributed by atoms with Crippen LogP contribution in [0.1, 0.15) is 18.4 Å². The van der Waals surface area contributed by atoms with Crippen LogP contribution in [0.5, 0.6) is 5.75 Å². The lowest BCUT2D eigenvalue weighted by Crippen LogP contribution is -2.39. The fourth-order valence-electron chi connectivity index (χ4n) is 2.64. The minimum atomic E-state index is 0. The van der Waals surface area contributed by atoms with Crippen LogP contribution >= 0.6 is 12.4 Å². The number of hydrogen-bond acceptors (Lipinski definition) is 3. The molecule has 1 aromatic rings. The predicted octanol–water partition coefficient (Wildman–Crippen LogP) is 2.48. The Balaban J connectivity index is 0.00000180. The number of benzene rings is 1. The molecule has 1 aromatic carbocycles. The quantitative estimate of drug-likeness (QED) is 0.869. The fourth-order valence-corrected chi connectivity index (χ4v) is 2.64. The summed E-state index contributed by atoms with van der Waals surface area (Å²) in [5, 5.41) is 3.27. The van der Waals surface area contributed by atoms with Crippen LogP contribution in [0.25, 0.3) is 0 Å². The van der Waals surface area contributed by atoms with E-state index in [0.717, 1.165) is 25.4 Å². The zero-order valence-corrected chi connectivity index (χ0v) is 12.7. The van der Waals surface area contributed by atoms with Gasteiger partial charge >= 0.3 is 0 Å². The van der Waals surface area contributed by atoms with E-state index in [1.165, 1.54) is 24.9 Å². The van der Waals surface area contributed by atoms with Crippen molar-refractivity contribution in [1.29, 1.82) is 0 Å². The van der Waals surface area contributed by atoms with Crippen LogP contribution in [0.2, 0.25) is 0 Å². The van der Waals surface area contributed by atoms with Gasteiger partial charge in [-0.05, 0) is 51.1 Å². The maximum Gasteiger partial charge on any atom is 0.119 e. The maximum absolute atomic E-state index is 5.81. The first-order chi connectivity index (χ1) is 8.79. The Bertz CT molecular complexity index is 373. The summed E-state index contributed by atoms with van der Waals surface area (Å²) in [5.41, 5.74) is 1.25. The van der Waals surface area contributed by atoms with Gasteiger partial charge in [-0.2, -0.15) is 0 Å². The summed E-state index contributed by atoms with van der Waals surface area (Å²) < 4.78 is 5.81. The van der Waals surface area contributed by atoms with Crippen LogP contribution in [-0.4, -0.2) is 44.2 Å². The minimum Gasteiger partial charge on any atom is -0.492 e. The summed E-state index contributed by atoms with van der Waals surface area (Å²) in [6.07, 6.45) is 2.63. The molecule has 0 amide bonds. The summed E-state index contributed by atoms with van der Waals surface area (Å²) >= 11 is 0. The normalized spacial score (nSPS) is 19.2. The van der Waals surface area contributed by atoms with Gasteiger partial charge in [-0.15, -0.1) is 12.4 Å². The second-order valence-corrected chi connectivity index (χ2v) is 5.05. The molecule has 1 atom stereocenters. The van der Waals surface area contributed by atoms with E-state index in [2.05, 4.69) is 29.3 Å². The predicted molar refractivity (Wildman–Crippen MR) is 82.4 cm³/mol.